The van der Waals surface area contributed by atoms with Gasteiger partial charge in [-0.3, -0.25) is 4.21 Å². The average molecular weight is 305 g/mol. The summed E-state index contributed by atoms with van der Waals surface area (Å²) in [6.07, 6.45) is 3.08. The van der Waals surface area contributed by atoms with Crippen molar-refractivity contribution in [2.75, 3.05) is 0 Å². The minimum absolute atomic E-state index is 0.00799. The van der Waals surface area contributed by atoms with E-state index in [1.165, 1.54) is 11.1 Å². The van der Waals surface area contributed by atoms with E-state index in [1.807, 2.05) is 18.2 Å². The molecular formula is C17H17ClOS. The van der Waals surface area contributed by atoms with Crippen LogP contribution in [0.1, 0.15) is 29.2 Å². The van der Waals surface area contributed by atoms with E-state index in [9.17, 15) is 4.21 Å². The van der Waals surface area contributed by atoms with E-state index in [2.05, 4.69) is 24.1 Å². The Labute approximate surface area is 125 Å². The summed E-state index contributed by atoms with van der Waals surface area (Å²) in [5.74, 6) is 4.08. The molecule has 0 fully saturated rings. The fraction of sp³-hybridized carbons (Fsp3) is 0.235. The third kappa shape index (κ3) is 2.38. The van der Waals surface area contributed by atoms with Gasteiger partial charge >= 0.3 is 0 Å². The van der Waals surface area contributed by atoms with Crippen molar-refractivity contribution >= 4 is 27.0 Å². The highest BCUT2D eigenvalue weighted by Gasteiger charge is 2.28. The summed E-state index contributed by atoms with van der Waals surface area (Å²) in [6.45, 7) is 0. The van der Waals surface area contributed by atoms with Gasteiger partial charge in [-0.2, -0.15) is 0 Å². The Hall–Kier alpha value is -1.25. The van der Waals surface area contributed by atoms with E-state index in [0.717, 1.165) is 24.2 Å². The Morgan fingerprint density at radius 2 is 1.80 bits per heavy atom. The van der Waals surface area contributed by atoms with E-state index < -0.39 is 9.52 Å². The monoisotopic (exact) mass is 304 g/mol. The molecule has 104 valence electrons. The van der Waals surface area contributed by atoms with Crippen LogP contribution < -0.4 is 0 Å². The fourth-order valence-corrected chi connectivity index (χ4v) is 5.17. The molecule has 0 aliphatic heterocycles. The Kier molecular flexibility index (Phi) is 3.61. The molecule has 20 heavy (non-hydrogen) atoms. The summed E-state index contributed by atoms with van der Waals surface area (Å²) in [5.41, 5.74) is 2.52. The molecule has 2 unspecified atom stereocenters. The fourth-order valence-electron chi connectivity index (χ4n) is 2.93. The van der Waals surface area contributed by atoms with Crippen molar-refractivity contribution in [3.63, 3.8) is 0 Å². The van der Waals surface area contributed by atoms with Gasteiger partial charge in [-0.25, -0.2) is 0 Å². The van der Waals surface area contributed by atoms with Crippen LogP contribution in [0.25, 0.3) is 0 Å². The highest BCUT2D eigenvalue weighted by molar-refractivity contribution is 8.00. The van der Waals surface area contributed by atoms with Gasteiger partial charge in [0.15, 0.2) is 0 Å². The number of hydrogen-bond donors (Lipinski definition) is 0. The molecule has 2 atom stereocenters. The standard InChI is InChI=1S/C17H17ClOS/c1-20(19,15-11-9-14(18)10-12-15)17-8-4-6-13-5-2-3-7-16(13)17/h2-3,5,7,9-12,17H,1,4,6,8H2. The minimum atomic E-state index is -2.35. The summed E-state index contributed by atoms with van der Waals surface area (Å²) >= 11 is 5.92. The van der Waals surface area contributed by atoms with E-state index in [-0.39, 0.29) is 5.25 Å². The van der Waals surface area contributed by atoms with Gasteiger partial charge in [0, 0.05) is 19.4 Å². The first-order valence-corrected chi connectivity index (χ1v) is 8.95. The quantitative estimate of drug-likeness (QED) is 0.747. The molecule has 0 saturated heterocycles. The molecule has 0 radical (unpaired) electrons. The minimum Gasteiger partial charge on any atom is -0.263 e. The van der Waals surface area contributed by atoms with Crippen LogP contribution in [0.5, 0.6) is 0 Å². The Bertz CT molecular complexity index is 717. The van der Waals surface area contributed by atoms with Gasteiger partial charge in [-0.05, 0) is 60.5 Å². The van der Waals surface area contributed by atoms with Gasteiger partial charge in [-0.15, -0.1) is 0 Å². The molecule has 0 amide bonds. The summed E-state index contributed by atoms with van der Waals surface area (Å²) < 4.78 is 13.3. The molecule has 0 bridgehead atoms. The summed E-state index contributed by atoms with van der Waals surface area (Å²) in [7, 11) is -2.35. The molecule has 3 rings (SSSR count). The Balaban J connectivity index is 2.07. The molecule has 0 heterocycles. The van der Waals surface area contributed by atoms with Crippen molar-refractivity contribution in [2.45, 2.75) is 29.4 Å². The molecule has 3 heteroatoms. The third-order valence-corrected chi connectivity index (χ3v) is 6.72. The summed E-state index contributed by atoms with van der Waals surface area (Å²) in [4.78, 5) is 0.795. The maximum atomic E-state index is 13.3. The van der Waals surface area contributed by atoms with Crippen molar-refractivity contribution in [2.24, 2.45) is 0 Å². The second-order valence-electron chi connectivity index (χ2n) is 5.26. The predicted octanol–water partition coefficient (Wildman–Crippen LogP) is 4.49. The maximum absolute atomic E-state index is 13.3. The number of aryl methyl sites for hydroxylation is 1. The van der Waals surface area contributed by atoms with E-state index in [4.69, 9.17) is 11.6 Å². The maximum Gasteiger partial charge on any atom is 0.0566 e. The van der Waals surface area contributed by atoms with Crippen molar-refractivity contribution in [3.8, 4) is 0 Å². The van der Waals surface area contributed by atoms with E-state index >= 15 is 0 Å². The zero-order chi connectivity index (χ0) is 14.2. The van der Waals surface area contributed by atoms with Gasteiger partial charge in [0.2, 0.25) is 0 Å². The van der Waals surface area contributed by atoms with Gasteiger partial charge in [-0.1, -0.05) is 35.9 Å². The Morgan fingerprint density at radius 1 is 1.10 bits per heavy atom. The first kappa shape index (κ1) is 13.7. The lowest BCUT2D eigenvalue weighted by atomic mass is 9.91. The molecule has 0 aromatic heterocycles. The first-order chi connectivity index (χ1) is 9.59. The van der Waals surface area contributed by atoms with Crippen LogP contribution in [-0.4, -0.2) is 10.1 Å². The van der Waals surface area contributed by atoms with Gasteiger partial charge in [0.25, 0.3) is 0 Å². The van der Waals surface area contributed by atoms with Crippen LogP contribution in [0, 0.1) is 0 Å². The van der Waals surface area contributed by atoms with Crippen molar-refractivity contribution < 1.29 is 4.21 Å². The summed E-state index contributed by atoms with van der Waals surface area (Å²) in [5, 5.41) is 0.668. The van der Waals surface area contributed by atoms with Gasteiger partial charge in [0.1, 0.15) is 0 Å². The van der Waals surface area contributed by atoms with Gasteiger partial charge in [0.05, 0.1) is 5.25 Å². The number of fused-ring (bicyclic) bond motifs is 1. The van der Waals surface area contributed by atoms with Crippen LogP contribution in [0.2, 0.25) is 5.02 Å². The lowest BCUT2D eigenvalue weighted by molar-refractivity contribution is 0.627. The molecule has 1 aliphatic rings. The Morgan fingerprint density at radius 3 is 2.55 bits per heavy atom. The second kappa shape index (κ2) is 5.27. The lowest BCUT2D eigenvalue weighted by Crippen LogP contribution is -2.19. The van der Waals surface area contributed by atoms with Crippen LogP contribution in [-0.2, 0) is 15.9 Å². The first-order valence-electron chi connectivity index (χ1n) is 6.78. The zero-order valence-corrected chi connectivity index (χ0v) is 12.8. The third-order valence-electron chi connectivity index (χ3n) is 3.99. The smallest absolute Gasteiger partial charge is 0.0566 e. The number of halogens is 1. The van der Waals surface area contributed by atoms with Crippen molar-refractivity contribution in [3.05, 3.63) is 64.7 Å². The molecule has 2 aromatic rings. The van der Waals surface area contributed by atoms with Crippen LogP contribution >= 0.6 is 11.6 Å². The molecule has 1 nitrogen and oxygen atoms in total. The van der Waals surface area contributed by atoms with Crippen LogP contribution in [0.15, 0.2) is 53.4 Å². The molecule has 0 N–H and O–H groups in total. The van der Waals surface area contributed by atoms with E-state index in [0.29, 0.717) is 5.02 Å². The predicted molar refractivity (Wildman–Crippen MR) is 87.1 cm³/mol. The lowest BCUT2D eigenvalue weighted by Gasteiger charge is -2.28. The van der Waals surface area contributed by atoms with Crippen LogP contribution in [0.3, 0.4) is 0 Å². The number of rotatable bonds is 2. The highest BCUT2D eigenvalue weighted by atomic mass is 35.5. The SMILES string of the molecule is C=S(=O)(c1ccc(Cl)cc1)C1CCCc2ccccc21. The highest BCUT2D eigenvalue weighted by Crippen LogP contribution is 2.38. The number of benzene rings is 2. The average Bonchev–Trinajstić information content (AvgIpc) is 2.47. The summed E-state index contributed by atoms with van der Waals surface area (Å²) in [6, 6.07) is 15.6. The molecule has 1 aliphatic carbocycles. The largest absolute Gasteiger partial charge is 0.263 e. The van der Waals surface area contributed by atoms with Crippen molar-refractivity contribution in [1.82, 2.24) is 0 Å². The van der Waals surface area contributed by atoms with Crippen molar-refractivity contribution in [1.29, 1.82) is 0 Å². The molecular weight excluding hydrogens is 288 g/mol. The normalized spacial score (nSPS) is 20.9. The number of hydrogen-bond acceptors (Lipinski definition) is 1. The van der Waals surface area contributed by atoms with Crippen LogP contribution in [0.4, 0.5) is 0 Å². The zero-order valence-electron chi connectivity index (χ0n) is 11.2. The molecule has 2 aromatic carbocycles. The topological polar surface area (TPSA) is 17.1 Å². The van der Waals surface area contributed by atoms with E-state index in [1.54, 1.807) is 12.1 Å². The second-order valence-corrected chi connectivity index (χ2v) is 8.19. The van der Waals surface area contributed by atoms with Gasteiger partial charge < -0.3 is 0 Å². The molecule has 0 spiro atoms. The molecule has 0 saturated carbocycles.